The van der Waals surface area contributed by atoms with Gasteiger partial charge in [-0.2, -0.15) is 4.98 Å². The summed E-state index contributed by atoms with van der Waals surface area (Å²) in [5.41, 5.74) is 0.995. The number of nitrogens with zero attached hydrogens (tertiary/aromatic N) is 5. The number of fused-ring (bicyclic) bond motifs is 1. The number of oxazole rings is 1. The molecule has 0 saturated carbocycles. The summed E-state index contributed by atoms with van der Waals surface area (Å²) in [7, 11) is 1.18. The van der Waals surface area contributed by atoms with Crippen molar-refractivity contribution in [3.05, 3.63) is 34.9 Å². The standard InChI is InChI=1S/C18H22N6O4S/c1-22(2)16-13(11-19-17(20-16)24-8-4-5-9-24)21-29(26,27)12-6-7-15-14(10-12)23(3)18(25)28-15/h6-7,10-11,21H,4-5,8-9H2,1-3H3. The van der Waals surface area contributed by atoms with E-state index in [0.717, 1.165) is 25.9 Å². The Morgan fingerprint density at radius 3 is 2.62 bits per heavy atom. The maximum atomic E-state index is 13.0. The predicted octanol–water partition coefficient (Wildman–Crippen LogP) is 1.39. The average molecular weight is 418 g/mol. The van der Waals surface area contributed by atoms with Crippen molar-refractivity contribution < 1.29 is 12.8 Å². The first-order valence-electron chi connectivity index (χ1n) is 9.18. The van der Waals surface area contributed by atoms with E-state index in [9.17, 15) is 13.2 Å². The highest BCUT2D eigenvalue weighted by Crippen LogP contribution is 2.28. The minimum Gasteiger partial charge on any atom is -0.408 e. The van der Waals surface area contributed by atoms with Gasteiger partial charge < -0.3 is 14.2 Å². The third-order valence-corrected chi connectivity index (χ3v) is 6.25. The van der Waals surface area contributed by atoms with Gasteiger partial charge in [0.15, 0.2) is 11.4 Å². The molecule has 29 heavy (non-hydrogen) atoms. The van der Waals surface area contributed by atoms with Crippen LogP contribution >= 0.6 is 0 Å². The second kappa shape index (κ2) is 7.07. The number of nitrogens with one attached hydrogen (secondary N) is 1. The summed E-state index contributed by atoms with van der Waals surface area (Å²) in [6.07, 6.45) is 3.67. The van der Waals surface area contributed by atoms with Gasteiger partial charge in [-0.15, -0.1) is 0 Å². The monoisotopic (exact) mass is 418 g/mol. The van der Waals surface area contributed by atoms with Crippen LogP contribution in [0.15, 0.2) is 38.5 Å². The molecule has 0 spiro atoms. The van der Waals surface area contributed by atoms with Crippen molar-refractivity contribution in [1.82, 2.24) is 14.5 Å². The smallest absolute Gasteiger partial charge is 0.408 e. The zero-order valence-corrected chi connectivity index (χ0v) is 17.2. The number of aromatic nitrogens is 3. The average Bonchev–Trinajstić information content (AvgIpc) is 3.30. The second-order valence-electron chi connectivity index (χ2n) is 7.16. The van der Waals surface area contributed by atoms with E-state index in [-0.39, 0.29) is 10.6 Å². The van der Waals surface area contributed by atoms with Gasteiger partial charge in [-0.1, -0.05) is 0 Å². The molecule has 0 bridgehead atoms. The quantitative estimate of drug-likeness (QED) is 0.661. The van der Waals surface area contributed by atoms with Crippen LogP contribution in [0.25, 0.3) is 11.1 Å². The molecule has 10 nitrogen and oxygen atoms in total. The van der Waals surface area contributed by atoms with Gasteiger partial charge in [-0.25, -0.2) is 18.2 Å². The lowest BCUT2D eigenvalue weighted by Gasteiger charge is -2.21. The molecule has 1 N–H and O–H groups in total. The molecule has 1 saturated heterocycles. The molecule has 1 aliphatic rings. The van der Waals surface area contributed by atoms with Crippen LogP contribution in [0.2, 0.25) is 0 Å². The van der Waals surface area contributed by atoms with E-state index >= 15 is 0 Å². The molecule has 0 atom stereocenters. The Morgan fingerprint density at radius 1 is 1.21 bits per heavy atom. The fourth-order valence-electron chi connectivity index (χ4n) is 3.32. The number of aryl methyl sites for hydroxylation is 1. The fourth-order valence-corrected chi connectivity index (χ4v) is 4.39. The Hall–Kier alpha value is -3.08. The van der Waals surface area contributed by atoms with Gasteiger partial charge in [0.05, 0.1) is 16.6 Å². The molecule has 1 aromatic carbocycles. The lowest BCUT2D eigenvalue weighted by molar-refractivity contribution is 0.528. The van der Waals surface area contributed by atoms with E-state index in [0.29, 0.717) is 22.9 Å². The third-order valence-electron chi connectivity index (χ3n) is 4.89. The molecule has 0 aliphatic carbocycles. The number of hydrogen-bond donors (Lipinski definition) is 1. The minimum absolute atomic E-state index is 0.00901. The van der Waals surface area contributed by atoms with E-state index < -0.39 is 15.8 Å². The lowest BCUT2D eigenvalue weighted by atomic mass is 10.3. The van der Waals surface area contributed by atoms with E-state index in [1.54, 1.807) is 19.0 Å². The molecule has 154 valence electrons. The number of anilines is 3. The predicted molar refractivity (Wildman–Crippen MR) is 110 cm³/mol. The molecular formula is C18H22N6O4S. The summed E-state index contributed by atoms with van der Waals surface area (Å²) in [4.78, 5) is 24.4. The molecule has 11 heteroatoms. The molecular weight excluding hydrogens is 396 g/mol. The summed E-state index contributed by atoms with van der Waals surface area (Å²) < 4.78 is 34.8. The number of benzene rings is 1. The van der Waals surface area contributed by atoms with Crippen LogP contribution in [0, 0.1) is 0 Å². The van der Waals surface area contributed by atoms with Crippen LogP contribution < -0.4 is 20.3 Å². The lowest BCUT2D eigenvalue weighted by Crippen LogP contribution is -2.24. The largest absolute Gasteiger partial charge is 0.419 e. The Labute approximate surface area is 167 Å². The number of sulfonamides is 1. The highest BCUT2D eigenvalue weighted by molar-refractivity contribution is 7.92. The zero-order chi connectivity index (χ0) is 20.8. The molecule has 2 aromatic heterocycles. The van der Waals surface area contributed by atoms with Crippen molar-refractivity contribution in [3.8, 4) is 0 Å². The summed E-state index contributed by atoms with van der Waals surface area (Å²) in [5, 5.41) is 0. The molecule has 1 fully saturated rings. The van der Waals surface area contributed by atoms with E-state index in [1.165, 1.54) is 36.0 Å². The van der Waals surface area contributed by atoms with Crippen molar-refractivity contribution in [2.75, 3.05) is 41.7 Å². The van der Waals surface area contributed by atoms with Crippen LogP contribution in [-0.4, -0.2) is 50.1 Å². The van der Waals surface area contributed by atoms with Crippen molar-refractivity contribution >= 4 is 38.6 Å². The van der Waals surface area contributed by atoms with Crippen molar-refractivity contribution in [1.29, 1.82) is 0 Å². The summed E-state index contributed by atoms with van der Waals surface area (Å²) in [5.74, 6) is 0.509. The molecule has 3 aromatic rings. The molecule has 0 amide bonds. The summed E-state index contributed by atoms with van der Waals surface area (Å²) in [6, 6.07) is 4.25. The molecule has 3 heterocycles. The van der Waals surface area contributed by atoms with Gasteiger partial charge in [0.1, 0.15) is 5.69 Å². The van der Waals surface area contributed by atoms with E-state index in [4.69, 9.17) is 4.42 Å². The van der Waals surface area contributed by atoms with Gasteiger partial charge in [0.25, 0.3) is 10.0 Å². The first-order valence-corrected chi connectivity index (χ1v) is 10.7. The Balaban J connectivity index is 1.70. The number of rotatable bonds is 5. The van der Waals surface area contributed by atoms with Gasteiger partial charge >= 0.3 is 5.76 Å². The highest BCUT2D eigenvalue weighted by Gasteiger charge is 2.22. The van der Waals surface area contributed by atoms with Gasteiger partial charge in [-0.3, -0.25) is 9.29 Å². The normalized spacial score (nSPS) is 14.5. The highest BCUT2D eigenvalue weighted by atomic mass is 32.2. The fraction of sp³-hybridized carbons (Fsp3) is 0.389. The third kappa shape index (κ3) is 3.53. The van der Waals surface area contributed by atoms with E-state index in [2.05, 4.69) is 19.6 Å². The van der Waals surface area contributed by atoms with Gasteiger partial charge in [0, 0.05) is 34.2 Å². The first-order chi connectivity index (χ1) is 13.8. The minimum atomic E-state index is -3.93. The Morgan fingerprint density at radius 2 is 1.93 bits per heavy atom. The zero-order valence-electron chi connectivity index (χ0n) is 16.4. The van der Waals surface area contributed by atoms with Crippen molar-refractivity contribution in [3.63, 3.8) is 0 Å². The van der Waals surface area contributed by atoms with Crippen LogP contribution in [0.5, 0.6) is 0 Å². The van der Waals surface area contributed by atoms with Crippen molar-refractivity contribution in [2.24, 2.45) is 7.05 Å². The molecule has 0 unspecified atom stereocenters. The topological polar surface area (TPSA) is 114 Å². The Kier molecular flexibility index (Phi) is 4.69. The summed E-state index contributed by atoms with van der Waals surface area (Å²) >= 11 is 0. The maximum Gasteiger partial charge on any atom is 0.419 e. The molecule has 1 aliphatic heterocycles. The van der Waals surface area contributed by atoms with Crippen LogP contribution in [0.1, 0.15) is 12.8 Å². The second-order valence-corrected chi connectivity index (χ2v) is 8.84. The number of hydrogen-bond acceptors (Lipinski definition) is 8. The van der Waals surface area contributed by atoms with Gasteiger partial charge in [0.2, 0.25) is 5.95 Å². The van der Waals surface area contributed by atoms with Crippen LogP contribution in [0.3, 0.4) is 0 Å². The van der Waals surface area contributed by atoms with Crippen LogP contribution in [0.4, 0.5) is 17.5 Å². The SMILES string of the molecule is CN(C)c1nc(N2CCCC2)ncc1NS(=O)(=O)c1ccc2oc(=O)n(C)c2c1. The molecule has 0 radical (unpaired) electrons. The maximum absolute atomic E-state index is 13.0. The van der Waals surface area contributed by atoms with Crippen LogP contribution in [-0.2, 0) is 17.1 Å². The first kappa shape index (κ1) is 19.2. The molecule has 4 rings (SSSR count). The van der Waals surface area contributed by atoms with Gasteiger partial charge in [-0.05, 0) is 31.0 Å². The summed E-state index contributed by atoms with van der Waals surface area (Å²) in [6.45, 7) is 1.78. The van der Waals surface area contributed by atoms with Crippen molar-refractivity contribution in [2.45, 2.75) is 17.7 Å². The Bertz CT molecular complexity index is 1220. The van der Waals surface area contributed by atoms with E-state index in [1.807, 2.05) is 0 Å².